The molecule has 0 radical (unpaired) electrons. The maximum atomic E-state index is 13.3. The number of hydrogen-bond donors (Lipinski definition) is 1. The topological polar surface area (TPSA) is 24.9 Å². The highest BCUT2D eigenvalue weighted by Gasteiger charge is 2.02. The first-order valence-electron chi connectivity index (χ1n) is 4.32. The van der Waals surface area contributed by atoms with Gasteiger partial charge in [0.25, 0.3) is 0 Å². The number of aromatic nitrogens is 1. The number of halogens is 2. The lowest BCUT2D eigenvalue weighted by Crippen LogP contribution is -1.99. The van der Waals surface area contributed by atoms with Crippen molar-refractivity contribution in [1.29, 1.82) is 0 Å². The second-order valence-corrected chi connectivity index (χ2v) is 4.35. The molecule has 0 spiro atoms. The van der Waals surface area contributed by atoms with Gasteiger partial charge in [-0.2, -0.15) is 0 Å². The third-order valence-electron chi connectivity index (χ3n) is 1.87. The van der Waals surface area contributed by atoms with Gasteiger partial charge in [0.2, 0.25) is 0 Å². The van der Waals surface area contributed by atoms with Crippen LogP contribution in [-0.2, 0) is 6.54 Å². The summed E-state index contributed by atoms with van der Waals surface area (Å²) in [5, 5.41) is 3.38. The monoisotopic (exact) mass is 242 g/mol. The third-order valence-corrected chi connectivity index (χ3v) is 2.88. The minimum Gasteiger partial charge on any atom is -0.378 e. The second-order valence-electron chi connectivity index (χ2n) is 2.95. The van der Waals surface area contributed by atoms with E-state index in [4.69, 9.17) is 11.6 Å². The van der Waals surface area contributed by atoms with Gasteiger partial charge in [0.05, 0.1) is 17.7 Å². The maximum Gasteiger partial charge on any atom is 0.147 e. The van der Waals surface area contributed by atoms with Gasteiger partial charge in [-0.05, 0) is 18.2 Å². The summed E-state index contributed by atoms with van der Waals surface area (Å²) in [4.78, 5) is 4.99. The number of nitrogens with zero attached hydrogens (tertiary/aromatic N) is 1. The molecule has 15 heavy (non-hydrogen) atoms. The van der Waals surface area contributed by atoms with Crippen molar-refractivity contribution in [2.45, 2.75) is 6.54 Å². The summed E-state index contributed by atoms with van der Waals surface area (Å²) in [6.45, 7) is 0.573. The summed E-state index contributed by atoms with van der Waals surface area (Å²) in [5.41, 5.74) is 2.20. The summed E-state index contributed by atoms with van der Waals surface area (Å²) in [6, 6.07) is 4.56. The Bertz CT molecular complexity index is 445. The minimum absolute atomic E-state index is 0.341. The molecule has 0 saturated carbocycles. The molecule has 0 aliphatic heterocycles. The van der Waals surface area contributed by atoms with Crippen LogP contribution in [-0.4, -0.2) is 4.98 Å². The average Bonchev–Trinajstić information content (AvgIpc) is 2.69. The summed E-state index contributed by atoms with van der Waals surface area (Å²) in [6.07, 6.45) is 1.76. The molecule has 1 heterocycles. The predicted molar refractivity (Wildman–Crippen MR) is 60.9 cm³/mol. The molecular formula is C10H8ClFN2S. The quantitative estimate of drug-likeness (QED) is 0.891. The molecular weight excluding hydrogens is 235 g/mol. The van der Waals surface area contributed by atoms with Gasteiger partial charge in [0.1, 0.15) is 5.82 Å². The van der Waals surface area contributed by atoms with E-state index in [1.807, 2.05) is 0 Å². The van der Waals surface area contributed by atoms with Crippen LogP contribution in [0.2, 0.25) is 5.02 Å². The van der Waals surface area contributed by atoms with Gasteiger partial charge < -0.3 is 5.32 Å². The predicted octanol–water partition coefficient (Wildman–Crippen LogP) is 3.55. The maximum absolute atomic E-state index is 13.3. The van der Waals surface area contributed by atoms with Crippen LogP contribution >= 0.6 is 22.9 Å². The lowest BCUT2D eigenvalue weighted by atomic mass is 10.3. The fraction of sp³-hybridized carbons (Fsp3) is 0.100. The highest BCUT2D eigenvalue weighted by molar-refractivity contribution is 7.09. The first-order valence-corrected chi connectivity index (χ1v) is 5.58. The first-order chi connectivity index (χ1) is 7.25. The average molecular weight is 243 g/mol. The summed E-state index contributed by atoms with van der Waals surface area (Å²) in [7, 11) is 0. The van der Waals surface area contributed by atoms with Crippen molar-refractivity contribution in [2.24, 2.45) is 0 Å². The highest BCUT2D eigenvalue weighted by atomic mass is 35.5. The van der Waals surface area contributed by atoms with Crippen molar-refractivity contribution in [3.63, 3.8) is 0 Å². The molecule has 0 unspecified atom stereocenters. The number of rotatable bonds is 3. The molecule has 0 aliphatic carbocycles. The van der Waals surface area contributed by atoms with Crippen LogP contribution in [0.5, 0.6) is 0 Å². The molecule has 0 saturated heterocycles. The summed E-state index contributed by atoms with van der Waals surface area (Å²) < 4.78 is 13.3. The largest absolute Gasteiger partial charge is 0.378 e. The Balaban J connectivity index is 2.05. The minimum atomic E-state index is -0.341. The first kappa shape index (κ1) is 10.4. The molecule has 5 heteroatoms. The number of benzene rings is 1. The van der Waals surface area contributed by atoms with Crippen LogP contribution in [0, 0.1) is 5.82 Å². The Hall–Kier alpha value is -1.13. The Morgan fingerprint density at radius 2 is 2.33 bits per heavy atom. The zero-order chi connectivity index (χ0) is 10.7. The standard InChI is InChI=1S/C10H8ClFN2S/c11-7-1-2-10(9(12)3-7)14-5-8-4-13-6-15-8/h1-4,6,14H,5H2. The van der Waals surface area contributed by atoms with Gasteiger partial charge in [-0.15, -0.1) is 11.3 Å². The Labute approximate surface area is 95.7 Å². The van der Waals surface area contributed by atoms with Crippen LogP contribution < -0.4 is 5.32 Å². The SMILES string of the molecule is Fc1cc(Cl)ccc1NCc1cncs1. The molecule has 0 amide bonds. The molecule has 1 N–H and O–H groups in total. The van der Waals surface area contributed by atoms with E-state index < -0.39 is 0 Å². The van der Waals surface area contributed by atoms with Crippen LogP contribution in [0.25, 0.3) is 0 Å². The van der Waals surface area contributed by atoms with Crippen LogP contribution in [0.3, 0.4) is 0 Å². The smallest absolute Gasteiger partial charge is 0.147 e. The Morgan fingerprint density at radius 1 is 1.47 bits per heavy atom. The fourth-order valence-corrected chi connectivity index (χ4v) is 1.84. The van der Waals surface area contributed by atoms with E-state index in [9.17, 15) is 4.39 Å². The normalized spacial score (nSPS) is 10.3. The third kappa shape index (κ3) is 2.67. The lowest BCUT2D eigenvalue weighted by molar-refractivity contribution is 0.630. The van der Waals surface area contributed by atoms with Crippen molar-refractivity contribution in [1.82, 2.24) is 4.98 Å². The van der Waals surface area contributed by atoms with Gasteiger partial charge in [0.15, 0.2) is 0 Å². The van der Waals surface area contributed by atoms with Crippen molar-refractivity contribution >= 4 is 28.6 Å². The fourth-order valence-electron chi connectivity index (χ4n) is 1.14. The zero-order valence-corrected chi connectivity index (χ0v) is 9.28. The molecule has 0 aliphatic rings. The summed E-state index contributed by atoms with van der Waals surface area (Å²) in [5.74, 6) is -0.341. The Kier molecular flexibility index (Phi) is 3.18. The van der Waals surface area contributed by atoms with E-state index in [1.54, 1.807) is 23.8 Å². The molecule has 2 rings (SSSR count). The lowest BCUT2D eigenvalue weighted by Gasteiger charge is -2.05. The molecule has 1 aromatic carbocycles. The molecule has 2 nitrogen and oxygen atoms in total. The second kappa shape index (κ2) is 4.59. The van der Waals surface area contributed by atoms with Crippen LogP contribution in [0.15, 0.2) is 29.9 Å². The van der Waals surface area contributed by atoms with Crippen molar-refractivity contribution in [2.75, 3.05) is 5.32 Å². The molecule has 0 bridgehead atoms. The van der Waals surface area contributed by atoms with Crippen LogP contribution in [0.1, 0.15) is 4.88 Å². The number of hydrogen-bond acceptors (Lipinski definition) is 3. The molecule has 0 atom stereocenters. The van der Waals surface area contributed by atoms with Gasteiger partial charge in [-0.3, -0.25) is 4.98 Å². The molecule has 0 fully saturated rings. The van der Waals surface area contributed by atoms with E-state index in [1.165, 1.54) is 17.4 Å². The molecule has 2 aromatic rings. The van der Waals surface area contributed by atoms with Gasteiger partial charge in [0, 0.05) is 16.1 Å². The molecule has 78 valence electrons. The van der Waals surface area contributed by atoms with E-state index in [0.717, 1.165) is 4.88 Å². The number of thiazole rings is 1. The zero-order valence-electron chi connectivity index (χ0n) is 7.71. The Morgan fingerprint density at radius 3 is 3.00 bits per heavy atom. The van der Waals surface area contributed by atoms with E-state index in [0.29, 0.717) is 17.3 Å². The van der Waals surface area contributed by atoms with Crippen molar-refractivity contribution in [3.05, 3.63) is 45.6 Å². The highest BCUT2D eigenvalue weighted by Crippen LogP contribution is 2.19. The van der Waals surface area contributed by atoms with Gasteiger partial charge in [-0.1, -0.05) is 11.6 Å². The van der Waals surface area contributed by atoms with Crippen molar-refractivity contribution in [3.8, 4) is 0 Å². The number of nitrogens with one attached hydrogen (secondary N) is 1. The summed E-state index contributed by atoms with van der Waals surface area (Å²) >= 11 is 7.17. The number of anilines is 1. The van der Waals surface area contributed by atoms with E-state index in [2.05, 4.69) is 10.3 Å². The van der Waals surface area contributed by atoms with Crippen LogP contribution in [0.4, 0.5) is 10.1 Å². The van der Waals surface area contributed by atoms with E-state index in [-0.39, 0.29) is 5.82 Å². The molecule has 1 aromatic heterocycles. The van der Waals surface area contributed by atoms with Gasteiger partial charge >= 0.3 is 0 Å². The van der Waals surface area contributed by atoms with E-state index >= 15 is 0 Å². The van der Waals surface area contributed by atoms with Gasteiger partial charge in [-0.25, -0.2) is 4.39 Å². The van der Waals surface area contributed by atoms with Crippen molar-refractivity contribution < 1.29 is 4.39 Å².